The average molecular weight is 351 g/mol. The molecule has 0 saturated carbocycles. The second kappa shape index (κ2) is 8.27. The predicted molar refractivity (Wildman–Crippen MR) is 97.6 cm³/mol. The molecule has 2 aromatic rings. The Morgan fingerprint density at radius 1 is 1.08 bits per heavy atom. The minimum atomic E-state index is -0.287. The number of halogens is 2. The predicted octanol–water partition coefficient (Wildman–Crippen LogP) is 4.22. The van der Waals surface area contributed by atoms with Crippen LogP contribution in [0.15, 0.2) is 48.5 Å². The van der Waals surface area contributed by atoms with Gasteiger partial charge >= 0.3 is 0 Å². The van der Waals surface area contributed by atoms with Gasteiger partial charge in [0, 0.05) is 12.1 Å². The molecule has 3 N–H and O–H groups in total. The fourth-order valence-corrected chi connectivity index (χ4v) is 2.46. The highest BCUT2D eigenvalue weighted by Gasteiger charge is 2.28. The third-order valence-electron chi connectivity index (χ3n) is 3.80. The van der Waals surface area contributed by atoms with Crippen LogP contribution < -0.4 is 11.1 Å². The Bertz CT molecular complexity index is 663. The van der Waals surface area contributed by atoms with Crippen molar-refractivity contribution in [3.8, 4) is 0 Å². The highest BCUT2D eigenvalue weighted by molar-refractivity contribution is 5.94. The molecular formula is C19H24ClFN2O. The van der Waals surface area contributed by atoms with E-state index in [0.717, 1.165) is 11.1 Å². The summed E-state index contributed by atoms with van der Waals surface area (Å²) < 4.78 is 13.1. The lowest BCUT2D eigenvalue weighted by Gasteiger charge is -2.32. The molecule has 0 aromatic heterocycles. The van der Waals surface area contributed by atoms with E-state index in [9.17, 15) is 9.18 Å². The van der Waals surface area contributed by atoms with Crippen LogP contribution in [0.3, 0.4) is 0 Å². The molecule has 130 valence electrons. The summed E-state index contributed by atoms with van der Waals surface area (Å²) in [5.74, 6) is -0.442. The number of nitrogens with one attached hydrogen (secondary N) is 1. The number of hydrogen-bond donors (Lipinski definition) is 2. The lowest BCUT2D eigenvalue weighted by atomic mass is 9.82. The number of benzene rings is 2. The average Bonchev–Trinajstić information content (AvgIpc) is 2.52. The van der Waals surface area contributed by atoms with Gasteiger partial charge in [-0.15, -0.1) is 12.4 Å². The van der Waals surface area contributed by atoms with E-state index in [1.165, 1.54) is 12.1 Å². The monoisotopic (exact) mass is 350 g/mol. The Morgan fingerprint density at radius 3 is 2.08 bits per heavy atom. The van der Waals surface area contributed by atoms with Gasteiger partial charge in [0.15, 0.2) is 0 Å². The number of amides is 1. The van der Waals surface area contributed by atoms with Crippen LogP contribution >= 0.6 is 12.4 Å². The summed E-state index contributed by atoms with van der Waals surface area (Å²) in [5.41, 5.74) is 7.81. The van der Waals surface area contributed by atoms with Crippen LogP contribution in [0.25, 0.3) is 0 Å². The topological polar surface area (TPSA) is 55.1 Å². The standard InChI is InChI=1S/C19H23FN2O.ClH/c1-19(2,3)17(14-8-10-16(20)11-9-14)22-18(23)15-6-4-13(12-21)5-7-15;/h4-11,17H,12,21H2,1-3H3,(H,22,23);1H. The first kappa shape index (κ1) is 20.1. The molecule has 24 heavy (non-hydrogen) atoms. The molecule has 2 rings (SSSR count). The zero-order chi connectivity index (χ0) is 17.0. The first-order chi connectivity index (χ1) is 10.8. The fraction of sp³-hybridized carbons (Fsp3) is 0.316. The molecule has 5 heteroatoms. The van der Waals surface area contributed by atoms with Gasteiger partial charge in [0.25, 0.3) is 5.91 Å². The van der Waals surface area contributed by atoms with Crippen LogP contribution in [0.1, 0.15) is 48.3 Å². The van der Waals surface area contributed by atoms with E-state index in [2.05, 4.69) is 5.32 Å². The maximum atomic E-state index is 13.1. The van der Waals surface area contributed by atoms with E-state index >= 15 is 0 Å². The number of carbonyl (C=O) groups is 1. The Kier molecular flexibility index (Phi) is 6.93. The molecule has 0 saturated heterocycles. The first-order valence-electron chi connectivity index (χ1n) is 7.66. The molecule has 0 fully saturated rings. The van der Waals surface area contributed by atoms with Crippen LogP contribution in [-0.2, 0) is 6.54 Å². The molecular weight excluding hydrogens is 327 g/mol. The Balaban J connectivity index is 0.00000288. The van der Waals surface area contributed by atoms with Crippen LogP contribution in [0, 0.1) is 11.2 Å². The van der Waals surface area contributed by atoms with Crippen molar-refractivity contribution in [3.63, 3.8) is 0 Å². The van der Waals surface area contributed by atoms with Gasteiger partial charge in [0.1, 0.15) is 5.82 Å². The highest BCUT2D eigenvalue weighted by Crippen LogP contribution is 2.33. The van der Waals surface area contributed by atoms with Crippen molar-refractivity contribution in [3.05, 3.63) is 71.0 Å². The molecule has 0 radical (unpaired) electrons. The maximum Gasteiger partial charge on any atom is 0.251 e. The van der Waals surface area contributed by atoms with Gasteiger partial charge in [-0.3, -0.25) is 4.79 Å². The minimum absolute atomic E-state index is 0. The minimum Gasteiger partial charge on any atom is -0.345 e. The molecule has 0 spiro atoms. The summed E-state index contributed by atoms with van der Waals surface area (Å²) in [6.45, 7) is 6.57. The molecule has 3 nitrogen and oxygen atoms in total. The molecule has 0 aliphatic heterocycles. The zero-order valence-electron chi connectivity index (χ0n) is 14.2. The van der Waals surface area contributed by atoms with Crippen LogP contribution in [0.5, 0.6) is 0 Å². The lowest BCUT2D eigenvalue weighted by Crippen LogP contribution is -2.36. The third-order valence-corrected chi connectivity index (χ3v) is 3.80. The van der Waals surface area contributed by atoms with Crippen molar-refractivity contribution in [2.75, 3.05) is 0 Å². The van der Waals surface area contributed by atoms with Gasteiger partial charge in [0.2, 0.25) is 0 Å². The van der Waals surface area contributed by atoms with Gasteiger partial charge in [-0.25, -0.2) is 4.39 Å². The van der Waals surface area contributed by atoms with E-state index < -0.39 is 0 Å². The summed E-state index contributed by atoms with van der Waals surface area (Å²) in [7, 11) is 0. The zero-order valence-corrected chi connectivity index (χ0v) is 15.0. The van der Waals surface area contributed by atoms with E-state index in [-0.39, 0.29) is 35.6 Å². The van der Waals surface area contributed by atoms with Crippen molar-refractivity contribution in [1.82, 2.24) is 5.32 Å². The van der Waals surface area contributed by atoms with E-state index in [1.54, 1.807) is 24.3 Å². The van der Waals surface area contributed by atoms with Crippen molar-refractivity contribution in [1.29, 1.82) is 0 Å². The number of rotatable bonds is 4. The molecule has 0 heterocycles. The van der Waals surface area contributed by atoms with Crippen LogP contribution in [0.4, 0.5) is 4.39 Å². The Morgan fingerprint density at radius 2 is 1.62 bits per heavy atom. The molecule has 1 amide bonds. The van der Waals surface area contributed by atoms with Crippen LogP contribution in [0.2, 0.25) is 0 Å². The summed E-state index contributed by atoms with van der Waals surface area (Å²) >= 11 is 0. The van der Waals surface area contributed by atoms with Crippen molar-refractivity contribution < 1.29 is 9.18 Å². The highest BCUT2D eigenvalue weighted by atomic mass is 35.5. The Labute approximate surface area is 148 Å². The lowest BCUT2D eigenvalue weighted by molar-refractivity contribution is 0.0901. The van der Waals surface area contributed by atoms with Gasteiger partial charge < -0.3 is 11.1 Å². The van der Waals surface area contributed by atoms with Crippen LogP contribution in [-0.4, -0.2) is 5.91 Å². The summed E-state index contributed by atoms with van der Waals surface area (Å²) in [4.78, 5) is 12.5. The smallest absolute Gasteiger partial charge is 0.251 e. The van der Waals surface area contributed by atoms with Crippen molar-refractivity contribution >= 4 is 18.3 Å². The second-order valence-corrected chi connectivity index (χ2v) is 6.73. The quantitative estimate of drug-likeness (QED) is 0.867. The third kappa shape index (κ3) is 5.05. The molecule has 2 aromatic carbocycles. The largest absolute Gasteiger partial charge is 0.345 e. The molecule has 1 atom stereocenters. The maximum absolute atomic E-state index is 13.1. The van der Waals surface area contributed by atoms with Crippen molar-refractivity contribution in [2.24, 2.45) is 11.1 Å². The molecule has 0 aliphatic rings. The van der Waals surface area contributed by atoms with Gasteiger partial charge in [-0.1, -0.05) is 45.0 Å². The Hall–Kier alpha value is -1.91. The normalized spacial score (nSPS) is 12.2. The first-order valence-corrected chi connectivity index (χ1v) is 7.66. The summed E-state index contributed by atoms with van der Waals surface area (Å²) in [6, 6.07) is 13.3. The number of nitrogens with two attached hydrogens (primary N) is 1. The van der Waals surface area contributed by atoms with E-state index in [0.29, 0.717) is 12.1 Å². The van der Waals surface area contributed by atoms with Gasteiger partial charge in [-0.2, -0.15) is 0 Å². The molecule has 0 bridgehead atoms. The molecule has 0 aliphatic carbocycles. The van der Waals surface area contributed by atoms with E-state index in [4.69, 9.17) is 5.73 Å². The van der Waals surface area contributed by atoms with Gasteiger partial charge in [-0.05, 0) is 40.8 Å². The number of hydrogen-bond acceptors (Lipinski definition) is 2. The fourth-order valence-electron chi connectivity index (χ4n) is 2.46. The van der Waals surface area contributed by atoms with Gasteiger partial charge in [0.05, 0.1) is 6.04 Å². The SMILES string of the molecule is CC(C)(C)C(NC(=O)c1ccc(CN)cc1)c1ccc(F)cc1.Cl. The van der Waals surface area contributed by atoms with E-state index in [1.807, 2.05) is 32.9 Å². The number of carbonyl (C=O) groups excluding carboxylic acids is 1. The van der Waals surface area contributed by atoms with Crippen molar-refractivity contribution in [2.45, 2.75) is 33.4 Å². The summed E-state index contributed by atoms with van der Waals surface area (Å²) in [6.07, 6.45) is 0. The summed E-state index contributed by atoms with van der Waals surface area (Å²) in [5, 5.41) is 3.05. The second-order valence-electron chi connectivity index (χ2n) is 6.73. The molecule has 1 unspecified atom stereocenters.